The molecule has 2 fully saturated rings. The lowest BCUT2D eigenvalue weighted by atomic mass is 10.2. The summed E-state index contributed by atoms with van der Waals surface area (Å²) in [7, 11) is 0. The van der Waals surface area contributed by atoms with E-state index in [0.29, 0.717) is 13.2 Å². The third-order valence-electron chi connectivity index (χ3n) is 2.64. The Bertz CT molecular complexity index is 321. The summed E-state index contributed by atoms with van der Waals surface area (Å²) in [6, 6.07) is 9.82. The van der Waals surface area contributed by atoms with Crippen molar-refractivity contribution < 1.29 is 14.2 Å². The highest BCUT2D eigenvalue weighted by atomic mass is 16.9. The van der Waals surface area contributed by atoms with Gasteiger partial charge >= 0.3 is 5.97 Å². The summed E-state index contributed by atoms with van der Waals surface area (Å²) < 4.78 is 16.9. The SMILES string of the molecule is c1ccc([C@@]23OCC[C@@H](CO2)O3)cc1. The molecular weight excluding hydrogens is 180 g/mol. The number of ether oxygens (including phenoxy) is 3. The van der Waals surface area contributed by atoms with Crippen molar-refractivity contribution in [2.75, 3.05) is 13.2 Å². The molecule has 1 aromatic carbocycles. The molecule has 2 aliphatic heterocycles. The molecule has 0 amide bonds. The second kappa shape index (κ2) is 3.05. The van der Waals surface area contributed by atoms with Gasteiger partial charge in [-0.3, -0.25) is 0 Å². The second-order valence-electron chi connectivity index (χ2n) is 3.61. The first-order valence-corrected chi connectivity index (χ1v) is 4.90. The van der Waals surface area contributed by atoms with Crippen molar-refractivity contribution in [1.29, 1.82) is 0 Å². The molecule has 0 aromatic heterocycles. The number of rotatable bonds is 1. The molecule has 3 nitrogen and oxygen atoms in total. The Labute approximate surface area is 82.6 Å². The average Bonchev–Trinajstić information content (AvgIpc) is 2.57. The molecule has 2 bridgehead atoms. The smallest absolute Gasteiger partial charge is 0.312 e. The van der Waals surface area contributed by atoms with Crippen LogP contribution in [0.15, 0.2) is 30.3 Å². The van der Waals surface area contributed by atoms with E-state index in [0.717, 1.165) is 12.0 Å². The molecule has 0 saturated carbocycles. The maximum absolute atomic E-state index is 5.73. The van der Waals surface area contributed by atoms with E-state index in [1.165, 1.54) is 0 Å². The summed E-state index contributed by atoms with van der Waals surface area (Å²) in [4.78, 5) is 0. The zero-order chi connectivity index (χ0) is 9.43. The van der Waals surface area contributed by atoms with E-state index in [1.54, 1.807) is 0 Å². The highest BCUT2D eigenvalue weighted by Crippen LogP contribution is 2.39. The standard InChI is InChI=1S/C11H12O3/c1-2-4-9(5-3-1)11-12-7-6-10(14-11)8-13-11/h1-5,10H,6-8H2/t10-,11+/m0/s1. The third kappa shape index (κ3) is 1.17. The van der Waals surface area contributed by atoms with Gasteiger partial charge < -0.3 is 14.2 Å². The van der Waals surface area contributed by atoms with Crippen LogP contribution in [0.2, 0.25) is 0 Å². The van der Waals surface area contributed by atoms with Crippen molar-refractivity contribution in [3.8, 4) is 0 Å². The summed E-state index contributed by atoms with van der Waals surface area (Å²) >= 11 is 0. The highest BCUT2D eigenvalue weighted by molar-refractivity contribution is 5.19. The minimum absolute atomic E-state index is 0.198. The molecule has 3 heteroatoms. The van der Waals surface area contributed by atoms with Crippen LogP contribution >= 0.6 is 0 Å². The second-order valence-corrected chi connectivity index (χ2v) is 3.61. The van der Waals surface area contributed by atoms with E-state index >= 15 is 0 Å². The molecule has 1 aromatic rings. The largest absolute Gasteiger partial charge is 0.323 e. The molecule has 3 rings (SSSR count). The summed E-state index contributed by atoms with van der Waals surface area (Å²) in [5.41, 5.74) is 0.946. The number of benzene rings is 1. The van der Waals surface area contributed by atoms with Crippen molar-refractivity contribution in [3.63, 3.8) is 0 Å². The number of hydrogen-bond donors (Lipinski definition) is 0. The predicted molar refractivity (Wildman–Crippen MR) is 49.5 cm³/mol. The molecule has 14 heavy (non-hydrogen) atoms. The lowest BCUT2D eigenvalue weighted by Gasteiger charge is -2.31. The fourth-order valence-corrected chi connectivity index (χ4v) is 1.91. The molecule has 2 aliphatic rings. The molecule has 0 spiro atoms. The summed E-state index contributed by atoms with van der Waals surface area (Å²) in [6.07, 6.45) is 1.12. The quantitative estimate of drug-likeness (QED) is 0.677. The van der Waals surface area contributed by atoms with Gasteiger partial charge in [-0.15, -0.1) is 0 Å². The molecule has 2 heterocycles. The number of hydrogen-bond acceptors (Lipinski definition) is 3. The summed E-state index contributed by atoms with van der Waals surface area (Å²) in [5.74, 6) is -0.913. The van der Waals surface area contributed by atoms with Crippen LogP contribution in [0.1, 0.15) is 12.0 Å². The Balaban J connectivity index is 1.97. The van der Waals surface area contributed by atoms with Gasteiger partial charge in [-0.25, -0.2) is 0 Å². The van der Waals surface area contributed by atoms with Crippen LogP contribution < -0.4 is 0 Å². The van der Waals surface area contributed by atoms with Crippen LogP contribution in [0.5, 0.6) is 0 Å². The van der Waals surface area contributed by atoms with Crippen molar-refractivity contribution in [3.05, 3.63) is 35.9 Å². The lowest BCUT2D eigenvalue weighted by molar-refractivity contribution is -0.366. The molecular formula is C11H12O3. The molecule has 0 unspecified atom stereocenters. The van der Waals surface area contributed by atoms with Crippen LogP contribution in [-0.4, -0.2) is 19.3 Å². The van der Waals surface area contributed by atoms with E-state index in [-0.39, 0.29) is 6.10 Å². The highest BCUT2D eigenvalue weighted by Gasteiger charge is 2.47. The summed E-state index contributed by atoms with van der Waals surface area (Å²) in [6.45, 7) is 1.34. The van der Waals surface area contributed by atoms with Gasteiger partial charge in [0, 0.05) is 5.56 Å². The fraction of sp³-hybridized carbons (Fsp3) is 0.455. The fourth-order valence-electron chi connectivity index (χ4n) is 1.91. The number of fused-ring (bicyclic) bond motifs is 2. The van der Waals surface area contributed by atoms with E-state index in [1.807, 2.05) is 30.3 Å². The Morgan fingerprint density at radius 1 is 1.14 bits per heavy atom. The predicted octanol–water partition coefficient (Wildman–Crippen LogP) is 1.63. The van der Waals surface area contributed by atoms with Crippen LogP contribution in [-0.2, 0) is 20.2 Å². The first-order valence-electron chi connectivity index (χ1n) is 4.90. The van der Waals surface area contributed by atoms with Crippen molar-refractivity contribution in [2.45, 2.75) is 18.5 Å². The maximum atomic E-state index is 5.73. The first kappa shape index (κ1) is 8.41. The molecule has 0 N–H and O–H groups in total. The van der Waals surface area contributed by atoms with Crippen LogP contribution in [0.3, 0.4) is 0 Å². The van der Waals surface area contributed by atoms with Gasteiger partial charge in [0.15, 0.2) is 0 Å². The minimum atomic E-state index is -0.913. The van der Waals surface area contributed by atoms with Gasteiger partial charge in [-0.1, -0.05) is 30.3 Å². The molecule has 2 atom stereocenters. The van der Waals surface area contributed by atoms with E-state index in [9.17, 15) is 0 Å². The van der Waals surface area contributed by atoms with Gasteiger partial charge in [0.2, 0.25) is 0 Å². The monoisotopic (exact) mass is 192 g/mol. The average molecular weight is 192 g/mol. The van der Waals surface area contributed by atoms with Gasteiger partial charge in [0.25, 0.3) is 0 Å². The Morgan fingerprint density at radius 3 is 2.86 bits per heavy atom. The van der Waals surface area contributed by atoms with Gasteiger partial charge in [0.1, 0.15) is 0 Å². The molecule has 0 aliphatic carbocycles. The van der Waals surface area contributed by atoms with E-state index in [2.05, 4.69) is 0 Å². The van der Waals surface area contributed by atoms with Crippen LogP contribution in [0.4, 0.5) is 0 Å². The lowest BCUT2D eigenvalue weighted by Crippen LogP contribution is -2.36. The summed E-state index contributed by atoms with van der Waals surface area (Å²) in [5, 5.41) is 0. The Hall–Kier alpha value is -0.900. The van der Waals surface area contributed by atoms with Gasteiger partial charge in [0.05, 0.1) is 19.3 Å². The zero-order valence-electron chi connectivity index (χ0n) is 7.81. The third-order valence-corrected chi connectivity index (χ3v) is 2.64. The Kier molecular flexibility index (Phi) is 1.83. The van der Waals surface area contributed by atoms with Crippen LogP contribution in [0.25, 0.3) is 0 Å². The van der Waals surface area contributed by atoms with Crippen molar-refractivity contribution in [2.24, 2.45) is 0 Å². The molecule has 2 saturated heterocycles. The first-order chi connectivity index (χ1) is 6.89. The van der Waals surface area contributed by atoms with E-state index < -0.39 is 5.97 Å². The van der Waals surface area contributed by atoms with Crippen LogP contribution in [0, 0.1) is 0 Å². The molecule has 0 radical (unpaired) electrons. The normalized spacial score (nSPS) is 35.9. The van der Waals surface area contributed by atoms with E-state index in [4.69, 9.17) is 14.2 Å². The van der Waals surface area contributed by atoms with Crippen molar-refractivity contribution in [1.82, 2.24) is 0 Å². The van der Waals surface area contributed by atoms with Gasteiger partial charge in [-0.2, -0.15) is 0 Å². The zero-order valence-corrected chi connectivity index (χ0v) is 7.81. The maximum Gasteiger partial charge on any atom is 0.312 e. The minimum Gasteiger partial charge on any atom is -0.323 e. The van der Waals surface area contributed by atoms with Gasteiger partial charge in [-0.05, 0) is 6.42 Å². The van der Waals surface area contributed by atoms with Crippen molar-refractivity contribution >= 4 is 0 Å². The Morgan fingerprint density at radius 2 is 2.00 bits per heavy atom. The molecule has 74 valence electrons. The topological polar surface area (TPSA) is 27.7 Å².